The molecule has 114 valence electrons. The minimum Gasteiger partial charge on any atom is -0.374 e. The van der Waals surface area contributed by atoms with Crippen LogP contribution in [-0.4, -0.2) is 11.9 Å². The van der Waals surface area contributed by atoms with E-state index in [2.05, 4.69) is 44.8 Å². The molecule has 4 heteroatoms. The number of carbonyl (C=O) groups is 1. The number of aryl methyl sites for hydroxylation is 2. The van der Waals surface area contributed by atoms with Crippen molar-refractivity contribution < 1.29 is 4.79 Å². The minimum atomic E-state index is -0.293. The largest absolute Gasteiger partial charge is 0.374 e. The van der Waals surface area contributed by atoms with Crippen molar-refractivity contribution in [1.29, 1.82) is 0 Å². The molecule has 0 bridgehead atoms. The summed E-state index contributed by atoms with van der Waals surface area (Å²) in [6.07, 6.45) is 3.55. The Morgan fingerprint density at radius 2 is 1.91 bits per heavy atom. The van der Waals surface area contributed by atoms with Gasteiger partial charge in [0, 0.05) is 15.8 Å². The lowest BCUT2D eigenvalue weighted by Gasteiger charge is -2.16. The highest BCUT2D eigenvalue weighted by Crippen LogP contribution is 2.25. The molecular formula is C18H19BrN2O. The Kier molecular flexibility index (Phi) is 4.48. The van der Waals surface area contributed by atoms with E-state index in [1.165, 1.54) is 24.0 Å². The van der Waals surface area contributed by atoms with E-state index in [1.807, 2.05) is 31.2 Å². The third-order valence-electron chi connectivity index (χ3n) is 3.97. The van der Waals surface area contributed by atoms with Gasteiger partial charge in [0.15, 0.2) is 0 Å². The molecule has 1 aliphatic rings. The number of carbonyl (C=O) groups excluding carboxylic acids is 1. The van der Waals surface area contributed by atoms with Crippen molar-refractivity contribution in [3.63, 3.8) is 0 Å². The molecule has 0 aromatic heterocycles. The molecule has 0 saturated heterocycles. The van der Waals surface area contributed by atoms with Crippen molar-refractivity contribution in [2.75, 3.05) is 10.6 Å². The van der Waals surface area contributed by atoms with Crippen molar-refractivity contribution in [2.45, 2.75) is 32.2 Å². The molecule has 1 amide bonds. The van der Waals surface area contributed by atoms with E-state index in [0.29, 0.717) is 0 Å². The molecule has 2 aromatic carbocycles. The van der Waals surface area contributed by atoms with Gasteiger partial charge in [0.05, 0.1) is 0 Å². The average Bonchev–Trinajstić information content (AvgIpc) is 2.94. The van der Waals surface area contributed by atoms with Gasteiger partial charge in [0.2, 0.25) is 5.91 Å². The lowest BCUT2D eigenvalue weighted by atomic mass is 10.1. The lowest BCUT2D eigenvalue weighted by Crippen LogP contribution is -2.31. The lowest BCUT2D eigenvalue weighted by molar-refractivity contribution is -0.116. The first kappa shape index (κ1) is 15.1. The van der Waals surface area contributed by atoms with Crippen LogP contribution in [0.15, 0.2) is 46.9 Å². The number of anilines is 2. The van der Waals surface area contributed by atoms with E-state index in [9.17, 15) is 4.79 Å². The summed E-state index contributed by atoms with van der Waals surface area (Å²) in [5.74, 6) is -0.0430. The van der Waals surface area contributed by atoms with E-state index >= 15 is 0 Å². The van der Waals surface area contributed by atoms with Gasteiger partial charge in [-0.1, -0.05) is 28.1 Å². The number of benzene rings is 2. The summed E-state index contributed by atoms with van der Waals surface area (Å²) in [4.78, 5) is 12.3. The predicted molar refractivity (Wildman–Crippen MR) is 94.3 cm³/mol. The molecule has 0 heterocycles. The van der Waals surface area contributed by atoms with E-state index in [-0.39, 0.29) is 11.9 Å². The van der Waals surface area contributed by atoms with Gasteiger partial charge in [-0.15, -0.1) is 0 Å². The third kappa shape index (κ3) is 3.50. The maximum atomic E-state index is 12.3. The maximum Gasteiger partial charge on any atom is 0.246 e. The second-order valence-electron chi connectivity index (χ2n) is 5.70. The fourth-order valence-corrected chi connectivity index (χ4v) is 3.19. The SMILES string of the molecule is CC(Nc1ccc2c(c1)CCC2)C(=O)Nc1cccc(Br)c1. The number of rotatable bonds is 4. The monoisotopic (exact) mass is 358 g/mol. The van der Waals surface area contributed by atoms with Crippen molar-refractivity contribution in [3.8, 4) is 0 Å². The molecule has 2 aromatic rings. The first-order valence-corrected chi connectivity index (χ1v) is 8.36. The molecule has 2 N–H and O–H groups in total. The molecule has 3 nitrogen and oxygen atoms in total. The highest BCUT2D eigenvalue weighted by Gasteiger charge is 2.15. The molecule has 1 atom stereocenters. The van der Waals surface area contributed by atoms with E-state index in [0.717, 1.165) is 22.3 Å². The van der Waals surface area contributed by atoms with Crippen LogP contribution in [0.25, 0.3) is 0 Å². The molecule has 0 spiro atoms. The molecular weight excluding hydrogens is 340 g/mol. The van der Waals surface area contributed by atoms with Crippen LogP contribution >= 0.6 is 15.9 Å². The number of fused-ring (bicyclic) bond motifs is 1. The molecule has 0 aliphatic heterocycles. The number of halogens is 1. The summed E-state index contributed by atoms with van der Waals surface area (Å²) in [5.41, 5.74) is 4.65. The molecule has 0 saturated carbocycles. The normalized spacial score (nSPS) is 14.3. The summed E-state index contributed by atoms with van der Waals surface area (Å²) >= 11 is 3.40. The van der Waals surface area contributed by atoms with Crippen molar-refractivity contribution in [1.82, 2.24) is 0 Å². The van der Waals surface area contributed by atoms with Crippen LogP contribution in [0.4, 0.5) is 11.4 Å². The third-order valence-corrected chi connectivity index (χ3v) is 4.46. The van der Waals surface area contributed by atoms with Crippen molar-refractivity contribution >= 4 is 33.2 Å². The van der Waals surface area contributed by atoms with Crippen LogP contribution in [0.5, 0.6) is 0 Å². The first-order chi connectivity index (χ1) is 10.6. The van der Waals surface area contributed by atoms with Gasteiger partial charge in [0.1, 0.15) is 6.04 Å². The fourth-order valence-electron chi connectivity index (χ4n) is 2.79. The summed E-state index contributed by atoms with van der Waals surface area (Å²) in [6, 6.07) is 13.7. The summed E-state index contributed by atoms with van der Waals surface area (Å²) < 4.78 is 0.949. The molecule has 0 radical (unpaired) electrons. The Labute approximate surface area is 139 Å². The molecule has 3 rings (SSSR count). The van der Waals surface area contributed by atoms with Crippen molar-refractivity contribution in [3.05, 3.63) is 58.1 Å². The number of nitrogens with one attached hydrogen (secondary N) is 2. The fraction of sp³-hybridized carbons (Fsp3) is 0.278. The zero-order valence-corrected chi connectivity index (χ0v) is 14.1. The van der Waals surface area contributed by atoms with Gasteiger partial charge < -0.3 is 10.6 Å². The maximum absolute atomic E-state index is 12.3. The quantitative estimate of drug-likeness (QED) is 0.851. The van der Waals surface area contributed by atoms with Gasteiger partial charge >= 0.3 is 0 Å². The van der Waals surface area contributed by atoms with Gasteiger partial charge in [-0.25, -0.2) is 0 Å². The van der Waals surface area contributed by atoms with E-state index < -0.39 is 0 Å². The van der Waals surface area contributed by atoms with Crippen LogP contribution in [0.1, 0.15) is 24.5 Å². The number of hydrogen-bond donors (Lipinski definition) is 2. The zero-order valence-electron chi connectivity index (χ0n) is 12.5. The van der Waals surface area contributed by atoms with Gasteiger partial charge in [-0.3, -0.25) is 4.79 Å². The Morgan fingerprint density at radius 3 is 2.73 bits per heavy atom. The summed E-state index contributed by atoms with van der Waals surface area (Å²) in [7, 11) is 0. The second kappa shape index (κ2) is 6.53. The van der Waals surface area contributed by atoms with E-state index in [1.54, 1.807) is 0 Å². The van der Waals surface area contributed by atoms with Crippen molar-refractivity contribution in [2.24, 2.45) is 0 Å². The topological polar surface area (TPSA) is 41.1 Å². The Bertz CT molecular complexity index is 699. The smallest absolute Gasteiger partial charge is 0.246 e. The van der Waals surface area contributed by atoms with Gasteiger partial charge in [0.25, 0.3) is 0 Å². The number of hydrogen-bond acceptors (Lipinski definition) is 2. The Hall–Kier alpha value is -1.81. The van der Waals surface area contributed by atoms with Crippen LogP contribution in [0.3, 0.4) is 0 Å². The Balaban J connectivity index is 1.63. The highest BCUT2D eigenvalue weighted by atomic mass is 79.9. The van der Waals surface area contributed by atoms with Gasteiger partial charge in [-0.2, -0.15) is 0 Å². The molecule has 22 heavy (non-hydrogen) atoms. The Morgan fingerprint density at radius 1 is 1.09 bits per heavy atom. The predicted octanol–water partition coefficient (Wildman–Crippen LogP) is 4.38. The molecule has 1 aliphatic carbocycles. The standard InChI is InChI=1S/C18H19BrN2O/c1-12(18(22)21-16-7-3-6-15(19)11-16)20-17-9-8-13-4-2-5-14(13)10-17/h3,6-12,20H,2,4-5H2,1H3,(H,21,22). The van der Waals surface area contributed by atoms with Crippen LogP contribution in [-0.2, 0) is 17.6 Å². The molecule has 1 unspecified atom stereocenters. The highest BCUT2D eigenvalue weighted by molar-refractivity contribution is 9.10. The van der Waals surface area contributed by atoms with Crippen LogP contribution in [0, 0.1) is 0 Å². The first-order valence-electron chi connectivity index (χ1n) is 7.56. The molecule has 0 fully saturated rings. The average molecular weight is 359 g/mol. The summed E-state index contributed by atoms with van der Waals surface area (Å²) in [5, 5.41) is 6.21. The number of amides is 1. The van der Waals surface area contributed by atoms with Crippen LogP contribution < -0.4 is 10.6 Å². The summed E-state index contributed by atoms with van der Waals surface area (Å²) in [6.45, 7) is 1.88. The minimum absolute atomic E-state index is 0.0430. The second-order valence-corrected chi connectivity index (χ2v) is 6.62. The van der Waals surface area contributed by atoms with E-state index in [4.69, 9.17) is 0 Å². The zero-order chi connectivity index (χ0) is 15.5. The van der Waals surface area contributed by atoms with Gasteiger partial charge in [-0.05, 0) is 67.6 Å². The van der Waals surface area contributed by atoms with Crippen LogP contribution in [0.2, 0.25) is 0 Å².